The fourth-order valence-corrected chi connectivity index (χ4v) is 3.45. The summed E-state index contributed by atoms with van der Waals surface area (Å²) in [5.74, 6) is -1.15. The molecule has 0 spiro atoms. The van der Waals surface area contributed by atoms with Crippen molar-refractivity contribution in [3.05, 3.63) is 35.5 Å². The lowest BCUT2D eigenvalue weighted by molar-refractivity contribution is -0.121. The predicted molar refractivity (Wildman–Crippen MR) is 124 cm³/mol. The number of fused-ring (bicyclic) bond motifs is 1. The summed E-state index contributed by atoms with van der Waals surface area (Å²) in [6, 6.07) is 0.859. The van der Waals surface area contributed by atoms with Gasteiger partial charge in [-0.15, -0.1) is 0 Å². The van der Waals surface area contributed by atoms with Crippen molar-refractivity contribution in [3.63, 3.8) is 0 Å². The molecule has 174 valence electrons. The number of hydrogen-bond donors (Lipinski definition) is 4. The zero-order chi connectivity index (χ0) is 22.6. The molecule has 1 amide bonds. The molecule has 3 aromatic rings. The van der Waals surface area contributed by atoms with Crippen molar-refractivity contribution in [1.82, 2.24) is 30.0 Å². The van der Waals surface area contributed by atoms with Crippen molar-refractivity contribution >= 4 is 44.4 Å². The molecule has 0 bridgehead atoms. The van der Waals surface area contributed by atoms with Crippen LogP contribution in [0.4, 0.5) is 10.2 Å². The number of H-pyrrole nitrogens is 1. The van der Waals surface area contributed by atoms with Gasteiger partial charge in [-0.25, -0.2) is 32.5 Å². The van der Waals surface area contributed by atoms with Crippen LogP contribution >= 0.6 is 11.6 Å². The first-order valence-electron chi connectivity index (χ1n) is 9.37. The maximum absolute atomic E-state index is 14.3. The van der Waals surface area contributed by atoms with Crippen LogP contribution in [0.2, 0.25) is 5.02 Å². The monoisotopic (exact) mass is 477 g/mol. The molecule has 13 heteroatoms. The van der Waals surface area contributed by atoms with Crippen molar-refractivity contribution in [2.45, 2.75) is 19.9 Å². The summed E-state index contributed by atoms with van der Waals surface area (Å²) in [5, 5.41) is 6.38. The van der Waals surface area contributed by atoms with Crippen LogP contribution in [0.25, 0.3) is 22.4 Å². The number of carbonyl (C=O) groups excluding carboxylic acids is 1. The van der Waals surface area contributed by atoms with Gasteiger partial charge in [-0.2, -0.15) is 0 Å². The Morgan fingerprint density at radius 2 is 2.10 bits per heavy atom. The minimum Gasteiger partial charge on any atom is -0.356 e. The van der Waals surface area contributed by atoms with Gasteiger partial charge in [0, 0.05) is 42.1 Å². The van der Waals surface area contributed by atoms with Gasteiger partial charge in [-0.05, 0) is 19.9 Å². The Hall–Kier alpha value is -2.83. The molecule has 3 rings (SSSR count). The number of aromatic amines is 1. The second kappa shape index (κ2) is 9.54. The number of rotatable bonds is 9. The van der Waals surface area contributed by atoms with Crippen molar-refractivity contribution < 1.29 is 23.3 Å². The van der Waals surface area contributed by atoms with Gasteiger partial charge < -0.3 is 15.6 Å². The molecule has 31 heavy (non-hydrogen) atoms. The first-order valence-corrected chi connectivity index (χ1v) is 11.4. The van der Waals surface area contributed by atoms with E-state index < -0.39 is 27.8 Å². The highest BCUT2D eigenvalue weighted by Gasteiger charge is 2.18. The molecule has 0 aliphatic carbocycles. The quantitative estimate of drug-likeness (QED) is 0.347. The Labute approximate surface area is 189 Å². The van der Waals surface area contributed by atoms with Crippen LogP contribution in [0, 0.1) is 5.82 Å². The van der Waals surface area contributed by atoms with E-state index in [0.29, 0.717) is 21.6 Å². The van der Waals surface area contributed by atoms with Gasteiger partial charge in [-0.1, -0.05) is 11.6 Å². The Balaban J connectivity index is 0. The molecule has 10 nitrogen and oxygen atoms in total. The Morgan fingerprint density at radius 1 is 1.32 bits per heavy atom. The van der Waals surface area contributed by atoms with Gasteiger partial charge in [0.1, 0.15) is 11.7 Å². The summed E-state index contributed by atoms with van der Waals surface area (Å²) >= 11 is 6.01. The topological polar surface area (TPSA) is 142 Å². The maximum Gasteiger partial charge on any atom is 0.242 e. The van der Waals surface area contributed by atoms with Gasteiger partial charge >= 0.3 is 0 Å². The third kappa shape index (κ3) is 5.66. The molecule has 0 fully saturated rings. The van der Waals surface area contributed by atoms with Crippen molar-refractivity contribution in [3.8, 4) is 11.4 Å². The third-order valence-corrected chi connectivity index (χ3v) is 5.97. The Bertz CT molecular complexity index is 1220. The fourth-order valence-electron chi connectivity index (χ4n) is 2.68. The third-order valence-electron chi connectivity index (χ3n) is 4.36. The van der Waals surface area contributed by atoms with Crippen LogP contribution in [0.3, 0.4) is 0 Å². The molecule has 4 N–H and O–H groups in total. The minimum atomic E-state index is -3.34. The van der Waals surface area contributed by atoms with E-state index in [1.807, 2.05) is 0 Å². The molecule has 0 saturated carbocycles. The second-order valence-electron chi connectivity index (χ2n) is 6.60. The smallest absolute Gasteiger partial charge is 0.242 e. The standard InChI is InChI=1S/C18H21ClFN7O3S.4H2/c1-3-31(29,30)25-5-4-21-18(28)10(2)26-17-14(20)9-24-16(27-17)13-8-23-15-12(13)6-11(19)7-22-15;;;;/h6-10,25H,3-5H2,1-2H3,(H,21,28)(H,22,23)(H,24,26,27);4*1H/t10-;;;;/m0..../s1. The molecule has 0 aliphatic rings. The summed E-state index contributed by atoms with van der Waals surface area (Å²) in [7, 11) is -3.34. The van der Waals surface area contributed by atoms with Crippen LogP contribution in [-0.2, 0) is 14.8 Å². The van der Waals surface area contributed by atoms with Gasteiger partial charge in [0.05, 0.1) is 17.0 Å². The SMILES string of the molecule is CCS(=O)(=O)NCCNC(=O)[C@H](C)Nc1nc(-c2c[nH]c3ncc(Cl)cc23)ncc1F.[HH].[HH].[HH].[HH]. The molecule has 1 atom stereocenters. The van der Waals surface area contributed by atoms with E-state index in [2.05, 4.69) is 35.3 Å². The largest absolute Gasteiger partial charge is 0.356 e. The number of sulfonamides is 1. The van der Waals surface area contributed by atoms with Crippen molar-refractivity contribution in [2.75, 3.05) is 24.2 Å². The van der Waals surface area contributed by atoms with Crippen molar-refractivity contribution in [2.24, 2.45) is 0 Å². The average molecular weight is 478 g/mol. The van der Waals surface area contributed by atoms with Crippen LogP contribution in [0.15, 0.2) is 24.7 Å². The predicted octanol–water partition coefficient (Wildman–Crippen LogP) is 2.65. The van der Waals surface area contributed by atoms with Gasteiger partial charge in [0.25, 0.3) is 0 Å². The summed E-state index contributed by atoms with van der Waals surface area (Å²) in [5.41, 5.74) is 1.15. The van der Waals surface area contributed by atoms with E-state index in [9.17, 15) is 17.6 Å². The Kier molecular flexibility index (Phi) is 7.03. The number of pyridine rings is 1. The average Bonchev–Trinajstić information content (AvgIpc) is 3.15. The number of nitrogens with zero attached hydrogens (tertiary/aromatic N) is 3. The molecule has 0 aromatic carbocycles. The van der Waals surface area contributed by atoms with Crippen LogP contribution in [0.5, 0.6) is 0 Å². The van der Waals surface area contributed by atoms with Crippen LogP contribution in [-0.4, -0.2) is 59.1 Å². The molecule has 0 aliphatic heterocycles. The van der Waals surface area contributed by atoms with Crippen LogP contribution < -0.4 is 15.4 Å². The van der Waals surface area contributed by atoms with Gasteiger partial charge in [0.2, 0.25) is 15.9 Å². The number of aromatic nitrogens is 4. The second-order valence-corrected chi connectivity index (χ2v) is 9.13. The lowest BCUT2D eigenvalue weighted by Crippen LogP contribution is -2.41. The molecule has 0 radical (unpaired) electrons. The highest BCUT2D eigenvalue weighted by atomic mass is 35.5. The van der Waals surface area contributed by atoms with Crippen molar-refractivity contribution in [1.29, 1.82) is 0 Å². The lowest BCUT2D eigenvalue weighted by Gasteiger charge is -2.15. The summed E-state index contributed by atoms with van der Waals surface area (Å²) in [6.45, 7) is 3.18. The molecular formula is C18H29ClFN7O3S. The minimum absolute atomic E-state index is 0. The number of halogens is 2. The number of amides is 1. The Morgan fingerprint density at radius 3 is 2.84 bits per heavy atom. The summed E-state index contributed by atoms with van der Waals surface area (Å²) < 4.78 is 39.4. The maximum atomic E-state index is 14.3. The van der Waals surface area contributed by atoms with E-state index in [1.54, 1.807) is 12.3 Å². The first kappa shape index (κ1) is 22.8. The molecule has 0 saturated heterocycles. The normalized spacial score (nSPS) is 12.6. The van der Waals surface area contributed by atoms with Gasteiger partial charge in [-0.3, -0.25) is 4.79 Å². The van der Waals surface area contributed by atoms with E-state index >= 15 is 0 Å². The number of carbonyl (C=O) groups is 1. The highest BCUT2D eigenvalue weighted by molar-refractivity contribution is 7.89. The first-order chi connectivity index (χ1) is 14.7. The number of nitrogens with one attached hydrogen (secondary N) is 4. The zero-order valence-electron chi connectivity index (χ0n) is 16.7. The highest BCUT2D eigenvalue weighted by Crippen LogP contribution is 2.28. The summed E-state index contributed by atoms with van der Waals surface area (Å²) in [4.78, 5) is 27.6. The molecular weight excluding hydrogens is 449 g/mol. The lowest BCUT2D eigenvalue weighted by atomic mass is 10.2. The van der Waals surface area contributed by atoms with E-state index in [4.69, 9.17) is 11.6 Å². The van der Waals surface area contributed by atoms with E-state index in [0.717, 1.165) is 6.20 Å². The molecule has 3 aromatic heterocycles. The number of anilines is 1. The van der Waals surface area contributed by atoms with E-state index in [1.165, 1.54) is 20.0 Å². The molecule has 3 heterocycles. The number of hydrogen-bond acceptors (Lipinski definition) is 7. The zero-order valence-corrected chi connectivity index (χ0v) is 18.3. The van der Waals surface area contributed by atoms with E-state index in [-0.39, 0.29) is 36.2 Å². The summed E-state index contributed by atoms with van der Waals surface area (Å²) in [6.07, 6.45) is 4.14. The molecule has 0 unspecified atom stereocenters. The fraction of sp³-hybridized carbons (Fsp3) is 0.333. The van der Waals surface area contributed by atoms with Gasteiger partial charge in [0.15, 0.2) is 17.5 Å². The van der Waals surface area contributed by atoms with Crippen LogP contribution in [0.1, 0.15) is 19.6 Å².